The first-order valence-corrected chi connectivity index (χ1v) is 9.60. The molecule has 2 aromatic rings. The number of hydrogen-bond donors (Lipinski definition) is 1. The second-order valence-electron chi connectivity index (χ2n) is 6.59. The summed E-state index contributed by atoms with van der Waals surface area (Å²) in [4.78, 5) is 22.0. The summed E-state index contributed by atoms with van der Waals surface area (Å²) in [5, 5.41) is -0.135. The Morgan fingerprint density at radius 3 is 2.75 bits per heavy atom. The lowest BCUT2D eigenvalue weighted by Crippen LogP contribution is -2.36. The number of nitrogens with zero attached hydrogens (tertiary/aromatic N) is 2. The fraction of sp³-hybridized carbons (Fsp3) is 0.412. The van der Waals surface area contributed by atoms with Crippen LogP contribution in [0.1, 0.15) is 32.0 Å². The lowest BCUT2D eigenvalue weighted by Gasteiger charge is -2.27. The van der Waals surface area contributed by atoms with Crippen LogP contribution in [-0.2, 0) is 4.74 Å². The third kappa shape index (κ3) is 3.95. The number of halogens is 1. The number of benzene rings is 1. The molecule has 0 unspecified atom stereocenters. The zero-order chi connectivity index (χ0) is 17.3. The number of amides is 1. The van der Waals surface area contributed by atoms with Gasteiger partial charge in [0.15, 0.2) is 0 Å². The molecule has 0 saturated carbocycles. The van der Waals surface area contributed by atoms with Crippen molar-refractivity contribution >= 4 is 33.8 Å². The van der Waals surface area contributed by atoms with Crippen molar-refractivity contribution in [3.63, 3.8) is 0 Å². The van der Waals surface area contributed by atoms with Crippen molar-refractivity contribution in [3.8, 4) is 11.3 Å². The lowest BCUT2D eigenvalue weighted by molar-refractivity contribution is 0.0249. The number of aromatic nitrogens is 2. The quantitative estimate of drug-likeness (QED) is 0.771. The summed E-state index contributed by atoms with van der Waals surface area (Å²) in [6.45, 7) is 6.30. The van der Waals surface area contributed by atoms with Crippen molar-refractivity contribution in [2.45, 2.75) is 31.7 Å². The first kappa shape index (κ1) is 17.4. The molecule has 1 aromatic carbocycles. The average Bonchev–Trinajstić information content (AvgIpc) is 3.15. The molecule has 0 radical (unpaired) electrons. The summed E-state index contributed by atoms with van der Waals surface area (Å²) in [5.74, 6) is 1.65. The number of carbonyl (C=O) groups excluding carboxylic acids is 1. The van der Waals surface area contributed by atoms with Crippen molar-refractivity contribution in [1.29, 1.82) is 0 Å². The van der Waals surface area contributed by atoms with Crippen LogP contribution in [0.4, 0.5) is 4.79 Å². The Morgan fingerprint density at radius 2 is 2.08 bits per heavy atom. The molecule has 3 rings (SSSR count). The van der Waals surface area contributed by atoms with E-state index in [1.165, 1.54) is 0 Å². The van der Waals surface area contributed by atoms with Crippen LogP contribution >= 0.6 is 27.7 Å². The van der Waals surface area contributed by atoms with Gasteiger partial charge in [0.25, 0.3) is 0 Å². The maximum absolute atomic E-state index is 12.4. The normalized spacial score (nSPS) is 18.0. The van der Waals surface area contributed by atoms with Crippen LogP contribution in [0.15, 0.2) is 34.9 Å². The molecule has 1 aliphatic heterocycles. The van der Waals surface area contributed by atoms with Gasteiger partial charge in [-0.15, -0.1) is 11.8 Å². The molecule has 0 spiro atoms. The van der Waals surface area contributed by atoms with E-state index in [4.69, 9.17) is 4.74 Å². The van der Waals surface area contributed by atoms with Crippen LogP contribution in [0.2, 0.25) is 0 Å². The minimum absolute atomic E-state index is 0.135. The number of carbonyl (C=O) groups is 1. The fourth-order valence-corrected chi connectivity index (χ4v) is 3.88. The highest BCUT2D eigenvalue weighted by Gasteiger charge is 2.35. The van der Waals surface area contributed by atoms with E-state index < -0.39 is 5.60 Å². The van der Waals surface area contributed by atoms with Crippen LogP contribution in [-0.4, -0.2) is 38.9 Å². The summed E-state index contributed by atoms with van der Waals surface area (Å²) in [7, 11) is 0. The van der Waals surface area contributed by atoms with Gasteiger partial charge >= 0.3 is 6.09 Å². The van der Waals surface area contributed by atoms with Gasteiger partial charge in [-0.2, -0.15) is 0 Å². The minimum atomic E-state index is -0.499. The first-order chi connectivity index (χ1) is 11.3. The molecule has 128 valence electrons. The van der Waals surface area contributed by atoms with Crippen LogP contribution < -0.4 is 0 Å². The summed E-state index contributed by atoms with van der Waals surface area (Å²) >= 11 is 5.13. The third-order valence-electron chi connectivity index (χ3n) is 3.50. The Bertz CT molecular complexity index is 724. The number of rotatable bonds is 2. The summed E-state index contributed by atoms with van der Waals surface area (Å²) in [6.07, 6.45) is 1.52. The molecule has 5 nitrogen and oxygen atoms in total. The van der Waals surface area contributed by atoms with Crippen LogP contribution in [0.3, 0.4) is 0 Å². The third-order valence-corrected chi connectivity index (χ3v) is 5.24. The van der Waals surface area contributed by atoms with Crippen molar-refractivity contribution in [3.05, 3.63) is 40.8 Å². The van der Waals surface area contributed by atoms with Crippen LogP contribution in [0.25, 0.3) is 11.3 Å². The Kier molecular flexibility index (Phi) is 4.92. The van der Waals surface area contributed by atoms with Crippen LogP contribution in [0.5, 0.6) is 0 Å². The number of nitrogens with one attached hydrogen (secondary N) is 1. The zero-order valence-corrected chi connectivity index (χ0v) is 16.3. The SMILES string of the molecule is CC(C)(C)OC(=O)N1CCS[C@H]1c1ncc(-c2ccc(Br)cc2)[nH]1. The highest BCUT2D eigenvalue weighted by Crippen LogP contribution is 2.38. The molecule has 1 fully saturated rings. The molecular weight excluding hydrogens is 390 g/mol. The smallest absolute Gasteiger partial charge is 0.411 e. The number of thioether (sulfide) groups is 1. The van der Waals surface area contributed by atoms with Gasteiger partial charge in [0.2, 0.25) is 0 Å². The molecule has 2 heterocycles. The minimum Gasteiger partial charge on any atom is -0.444 e. The number of aromatic amines is 1. The topological polar surface area (TPSA) is 58.2 Å². The standard InChI is InChI=1S/C17H20BrN3O2S/c1-17(2,3)23-16(22)21-8-9-24-15(21)14-19-10-13(20-14)11-4-6-12(18)7-5-11/h4-7,10,15H,8-9H2,1-3H3,(H,19,20)/t15-/m0/s1. The van der Waals surface area contributed by atoms with Gasteiger partial charge in [-0.3, -0.25) is 4.90 Å². The van der Waals surface area contributed by atoms with E-state index in [2.05, 4.69) is 25.9 Å². The fourth-order valence-electron chi connectivity index (χ4n) is 2.44. The Morgan fingerprint density at radius 1 is 1.38 bits per heavy atom. The molecule has 0 bridgehead atoms. The summed E-state index contributed by atoms with van der Waals surface area (Å²) < 4.78 is 6.54. The maximum atomic E-state index is 12.4. The van der Waals surface area contributed by atoms with Gasteiger partial charge in [0.05, 0.1) is 11.9 Å². The van der Waals surface area contributed by atoms with Crippen molar-refractivity contribution in [2.24, 2.45) is 0 Å². The van der Waals surface area contributed by atoms with Gasteiger partial charge in [-0.1, -0.05) is 28.1 Å². The Hall–Kier alpha value is -1.47. The average molecular weight is 410 g/mol. The summed E-state index contributed by atoms with van der Waals surface area (Å²) in [6, 6.07) is 8.03. The van der Waals surface area contributed by atoms with Gasteiger partial charge in [0.1, 0.15) is 16.8 Å². The predicted molar refractivity (Wildman–Crippen MR) is 99.9 cm³/mol. The van der Waals surface area contributed by atoms with Gasteiger partial charge in [-0.25, -0.2) is 9.78 Å². The predicted octanol–water partition coefficient (Wildman–Crippen LogP) is 4.82. The van der Waals surface area contributed by atoms with Gasteiger partial charge in [0, 0.05) is 16.8 Å². The van der Waals surface area contributed by atoms with E-state index in [0.717, 1.165) is 27.3 Å². The lowest BCUT2D eigenvalue weighted by atomic mass is 10.2. The molecule has 24 heavy (non-hydrogen) atoms. The van der Waals surface area contributed by atoms with E-state index in [9.17, 15) is 4.79 Å². The molecule has 1 saturated heterocycles. The van der Waals surface area contributed by atoms with E-state index in [1.807, 2.05) is 51.2 Å². The second kappa shape index (κ2) is 6.80. The summed E-state index contributed by atoms with van der Waals surface area (Å²) in [5.41, 5.74) is 1.50. The molecule has 0 aliphatic carbocycles. The number of H-pyrrole nitrogens is 1. The van der Waals surface area contributed by atoms with Crippen molar-refractivity contribution in [1.82, 2.24) is 14.9 Å². The zero-order valence-electron chi connectivity index (χ0n) is 13.9. The molecule has 1 aliphatic rings. The molecule has 7 heteroatoms. The largest absolute Gasteiger partial charge is 0.444 e. The van der Waals surface area contributed by atoms with Crippen molar-refractivity contribution < 1.29 is 9.53 Å². The van der Waals surface area contributed by atoms with E-state index in [1.54, 1.807) is 16.7 Å². The molecular formula is C17H20BrN3O2S. The first-order valence-electron chi connectivity index (χ1n) is 7.75. The monoisotopic (exact) mass is 409 g/mol. The maximum Gasteiger partial charge on any atom is 0.411 e. The highest BCUT2D eigenvalue weighted by atomic mass is 79.9. The highest BCUT2D eigenvalue weighted by molar-refractivity contribution is 9.10. The molecule has 1 N–H and O–H groups in total. The van der Waals surface area contributed by atoms with Gasteiger partial charge < -0.3 is 9.72 Å². The second-order valence-corrected chi connectivity index (χ2v) is 8.69. The van der Waals surface area contributed by atoms with Gasteiger partial charge in [-0.05, 0) is 38.5 Å². The molecule has 1 aromatic heterocycles. The van der Waals surface area contributed by atoms with E-state index in [-0.39, 0.29) is 11.5 Å². The van der Waals surface area contributed by atoms with E-state index in [0.29, 0.717) is 6.54 Å². The number of imidazole rings is 1. The Labute approximate surface area is 154 Å². The number of hydrogen-bond acceptors (Lipinski definition) is 4. The molecule has 1 atom stereocenters. The Balaban J connectivity index is 1.78. The molecule has 1 amide bonds. The van der Waals surface area contributed by atoms with Crippen LogP contribution in [0, 0.1) is 0 Å². The van der Waals surface area contributed by atoms with E-state index >= 15 is 0 Å². The number of ether oxygens (including phenoxy) is 1. The van der Waals surface area contributed by atoms with Crippen molar-refractivity contribution in [2.75, 3.05) is 12.3 Å².